The van der Waals surface area contributed by atoms with Crippen molar-refractivity contribution in [2.24, 2.45) is 0 Å². The Kier molecular flexibility index (Phi) is 27.4. The minimum absolute atomic E-state index is 0.0541. The molecule has 0 spiro atoms. The summed E-state index contributed by atoms with van der Waals surface area (Å²) in [5, 5.41) is 0. The van der Waals surface area contributed by atoms with Crippen LogP contribution in [0.15, 0.2) is 58.7 Å². The Balaban J connectivity index is 3.72. The van der Waals surface area contributed by atoms with E-state index in [1.54, 1.807) is 0 Å². The van der Waals surface area contributed by atoms with Crippen LogP contribution in [0.3, 0.4) is 0 Å². The Morgan fingerprint density at radius 1 is 0.500 bits per heavy atom. The molecule has 0 amide bonds. The summed E-state index contributed by atoms with van der Waals surface area (Å²) >= 11 is 0. The van der Waals surface area contributed by atoms with Gasteiger partial charge in [-0.25, -0.2) is 0 Å². The van der Waals surface area contributed by atoms with Crippen LogP contribution in [0.25, 0.3) is 0 Å². The molecule has 0 rings (SSSR count). The second-order valence-corrected chi connectivity index (χ2v) is 12.1. The standard InChI is InChI=1S/C38H66O2/c1-7-8-9-10-11-12-13-14-15-16-17-18-19-20-21-31-38(39)40-33-32-37(6)30-24-29-36(5)28-23-27-35(4)26-22-25-34(2)3/h14-15,25,27,29,32H,7-13,16-24,26,28,30-31,33H2,1-6H3/b15-14-,35-27+,36-29-,37-32+. The summed E-state index contributed by atoms with van der Waals surface area (Å²) in [5.41, 5.74) is 5.67. The van der Waals surface area contributed by atoms with Crippen LogP contribution in [0.4, 0.5) is 0 Å². The zero-order valence-corrected chi connectivity index (χ0v) is 27.6. The molecule has 0 saturated carbocycles. The number of unbranched alkanes of at least 4 members (excludes halogenated alkanes) is 11. The van der Waals surface area contributed by atoms with Crippen molar-refractivity contribution >= 4 is 5.97 Å². The van der Waals surface area contributed by atoms with Crippen LogP contribution < -0.4 is 0 Å². The van der Waals surface area contributed by atoms with E-state index in [0.717, 1.165) is 44.9 Å². The summed E-state index contributed by atoms with van der Waals surface area (Å²) in [5.74, 6) is -0.0541. The van der Waals surface area contributed by atoms with E-state index in [1.807, 2.05) is 0 Å². The largest absolute Gasteiger partial charge is 0.461 e. The van der Waals surface area contributed by atoms with Gasteiger partial charge in [0.15, 0.2) is 0 Å². The quantitative estimate of drug-likeness (QED) is 0.0603. The molecule has 0 aliphatic heterocycles. The van der Waals surface area contributed by atoms with E-state index in [0.29, 0.717) is 13.0 Å². The average Bonchev–Trinajstić information content (AvgIpc) is 2.90. The van der Waals surface area contributed by atoms with Crippen molar-refractivity contribution in [2.75, 3.05) is 6.61 Å². The molecule has 0 heterocycles. The van der Waals surface area contributed by atoms with Gasteiger partial charge in [-0.15, -0.1) is 0 Å². The molecule has 40 heavy (non-hydrogen) atoms. The highest BCUT2D eigenvalue weighted by Gasteiger charge is 2.02. The van der Waals surface area contributed by atoms with Gasteiger partial charge >= 0.3 is 5.97 Å². The number of ether oxygens (including phenoxy) is 1. The fraction of sp³-hybridized carbons (Fsp3) is 0.711. The van der Waals surface area contributed by atoms with Gasteiger partial charge < -0.3 is 4.74 Å². The number of rotatable bonds is 26. The highest BCUT2D eigenvalue weighted by Crippen LogP contribution is 2.14. The SMILES string of the molecule is CCCCCCCC/C=C\CCCCCCCC(=O)OC/C=C(\C)CC/C=C(/C)CC/C=C(\C)CCC=C(C)C. The molecule has 2 nitrogen and oxygen atoms in total. The highest BCUT2D eigenvalue weighted by molar-refractivity contribution is 5.69. The minimum atomic E-state index is -0.0541. The predicted octanol–water partition coefficient (Wildman–Crippen LogP) is 12.7. The number of hydrogen-bond donors (Lipinski definition) is 0. The Morgan fingerprint density at radius 3 is 1.48 bits per heavy atom. The molecule has 0 atom stereocenters. The number of esters is 1. The molecule has 0 aromatic rings. The molecule has 2 heteroatoms. The predicted molar refractivity (Wildman–Crippen MR) is 179 cm³/mol. The Bertz CT molecular complexity index is 758. The highest BCUT2D eigenvalue weighted by atomic mass is 16.5. The van der Waals surface area contributed by atoms with Crippen LogP contribution in [-0.4, -0.2) is 12.6 Å². The molecular formula is C38H66O2. The molecule has 0 bridgehead atoms. The fourth-order valence-electron chi connectivity index (χ4n) is 4.68. The first-order chi connectivity index (χ1) is 19.3. The lowest BCUT2D eigenvalue weighted by Crippen LogP contribution is -2.04. The van der Waals surface area contributed by atoms with Crippen molar-refractivity contribution in [3.63, 3.8) is 0 Å². The summed E-state index contributed by atoms with van der Waals surface area (Å²) in [7, 11) is 0. The van der Waals surface area contributed by atoms with E-state index in [1.165, 1.54) is 99.3 Å². The van der Waals surface area contributed by atoms with E-state index in [4.69, 9.17) is 4.74 Å². The first-order valence-electron chi connectivity index (χ1n) is 16.8. The molecule has 0 unspecified atom stereocenters. The summed E-state index contributed by atoms with van der Waals surface area (Å²) in [6, 6.07) is 0. The average molecular weight is 555 g/mol. The summed E-state index contributed by atoms with van der Waals surface area (Å²) in [4.78, 5) is 12.0. The molecule has 0 aromatic carbocycles. The lowest BCUT2D eigenvalue weighted by molar-refractivity contribution is -0.142. The Morgan fingerprint density at radius 2 is 0.950 bits per heavy atom. The van der Waals surface area contributed by atoms with E-state index >= 15 is 0 Å². The van der Waals surface area contributed by atoms with Crippen molar-refractivity contribution in [1.29, 1.82) is 0 Å². The second-order valence-electron chi connectivity index (χ2n) is 12.1. The Hall–Kier alpha value is -1.83. The van der Waals surface area contributed by atoms with Gasteiger partial charge in [-0.05, 0) is 111 Å². The van der Waals surface area contributed by atoms with Crippen LogP contribution in [0.2, 0.25) is 0 Å². The normalized spacial score (nSPS) is 12.8. The van der Waals surface area contributed by atoms with E-state index in [9.17, 15) is 4.79 Å². The van der Waals surface area contributed by atoms with Crippen LogP contribution in [-0.2, 0) is 9.53 Å². The third-order valence-electron chi connectivity index (χ3n) is 7.47. The van der Waals surface area contributed by atoms with E-state index in [2.05, 4.69) is 78.0 Å². The lowest BCUT2D eigenvalue weighted by Gasteiger charge is -2.04. The topological polar surface area (TPSA) is 26.3 Å². The molecule has 0 aliphatic carbocycles. The summed E-state index contributed by atoms with van der Waals surface area (Å²) < 4.78 is 5.43. The second kappa shape index (κ2) is 28.7. The van der Waals surface area contributed by atoms with Gasteiger partial charge in [0.25, 0.3) is 0 Å². The number of carbonyl (C=O) groups excluding carboxylic acids is 1. The monoisotopic (exact) mass is 555 g/mol. The Labute approximate surface area is 250 Å². The van der Waals surface area contributed by atoms with Crippen LogP contribution >= 0.6 is 0 Å². The van der Waals surface area contributed by atoms with Gasteiger partial charge in [-0.2, -0.15) is 0 Å². The van der Waals surface area contributed by atoms with Crippen molar-refractivity contribution in [3.05, 3.63) is 58.7 Å². The lowest BCUT2D eigenvalue weighted by atomic mass is 10.0. The molecule has 0 aliphatic rings. The van der Waals surface area contributed by atoms with Crippen molar-refractivity contribution in [1.82, 2.24) is 0 Å². The van der Waals surface area contributed by atoms with Crippen LogP contribution in [0.5, 0.6) is 0 Å². The van der Waals surface area contributed by atoms with E-state index in [-0.39, 0.29) is 5.97 Å². The zero-order valence-electron chi connectivity index (χ0n) is 27.6. The molecular weight excluding hydrogens is 488 g/mol. The van der Waals surface area contributed by atoms with Gasteiger partial charge in [-0.3, -0.25) is 4.79 Å². The molecule has 0 radical (unpaired) electrons. The maximum absolute atomic E-state index is 12.0. The van der Waals surface area contributed by atoms with Crippen molar-refractivity contribution in [3.8, 4) is 0 Å². The first kappa shape index (κ1) is 38.2. The number of carbonyl (C=O) groups is 1. The van der Waals surface area contributed by atoms with Gasteiger partial charge in [0.1, 0.15) is 6.61 Å². The molecule has 230 valence electrons. The maximum atomic E-state index is 12.0. The van der Waals surface area contributed by atoms with Crippen molar-refractivity contribution < 1.29 is 9.53 Å². The zero-order chi connectivity index (χ0) is 29.7. The summed E-state index contributed by atoms with van der Waals surface area (Å²) in [6.45, 7) is 13.6. The smallest absolute Gasteiger partial charge is 0.306 e. The minimum Gasteiger partial charge on any atom is -0.461 e. The molecule has 0 N–H and O–H groups in total. The van der Waals surface area contributed by atoms with Crippen LogP contribution in [0.1, 0.15) is 170 Å². The molecule has 0 saturated heterocycles. The summed E-state index contributed by atoms with van der Waals surface area (Å²) in [6.07, 6.45) is 37.6. The fourth-order valence-corrected chi connectivity index (χ4v) is 4.68. The first-order valence-corrected chi connectivity index (χ1v) is 16.8. The third-order valence-corrected chi connectivity index (χ3v) is 7.47. The van der Waals surface area contributed by atoms with Gasteiger partial charge in [0, 0.05) is 6.42 Å². The number of hydrogen-bond acceptors (Lipinski definition) is 2. The third kappa shape index (κ3) is 29.2. The van der Waals surface area contributed by atoms with Crippen LogP contribution in [0, 0.1) is 0 Å². The van der Waals surface area contributed by atoms with E-state index < -0.39 is 0 Å². The molecule has 0 fully saturated rings. The van der Waals surface area contributed by atoms with Crippen molar-refractivity contribution in [2.45, 2.75) is 170 Å². The molecule has 0 aromatic heterocycles. The maximum Gasteiger partial charge on any atom is 0.306 e. The van der Waals surface area contributed by atoms with Gasteiger partial charge in [0.2, 0.25) is 0 Å². The van der Waals surface area contributed by atoms with Gasteiger partial charge in [-0.1, -0.05) is 111 Å². The van der Waals surface area contributed by atoms with Gasteiger partial charge in [0.05, 0.1) is 0 Å². The number of allylic oxidation sites excluding steroid dienone is 9.